The Balaban J connectivity index is 1.48. The zero-order valence-corrected chi connectivity index (χ0v) is 15.8. The van der Waals surface area contributed by atoms with Gasteiger partial charge in [0.25, 0.3) is 5.91 Å². The number of thiazole rings is 1. The first kappa shape index (κ1) is 16.7. The lowest BCUT2D eigenvalue weighted by Crippen LogP contribution is -2.23. The Bertz CT molecular complexity index is 1050. The smallest absolute Gasteiger partial charge is 0.256 e. The molecule has 0 aliphatic heterocycles. The third-order valence-corrected chi connectivity index (χ3v) is 5.91. The van der Waals surface area contributed by atoms with E-state index in [1.807, 2.05) is 43.3 Å². The Labute approximate surface area is 158 Å². The van der Waals surface area contributed by atoms with E-state index in [1.165, 1.54) is 11.5 Å². The second-order valence-electron chi connectivity index (χ2n) is 5.66. The van der Waals surface area contributed by atoms with Crippen LogP contribution in [0, 0.1) is 6.92 Å². The summed E-state index contributed by atoms with van der Waals surface area (Å²) in [5, 5.41) is 7.48. The number of nitrogens with zero attached hydrogens (tertiary/aromatic N) is 2. The lowest BCUT2D eigenvalue weighted by molar-refractivity contribution is 0.0948. The van der Waals surface area contributed by atoms with Crippen LogP contribution in [0.25, 0.3) is 21.0 Å². The van der Waals surface area contributed by atoms with Gasteiger partial charge in [0, 0.05) is 7.05 Å². The monoisotopic (exact) mass is 384 g/mol. The molecule has 0 spiro atoms. The molecule has 4 rings (SSSR count). The summed E-state index contributed by atoms with van der Waals surface area (Å²) in [6.45, 7) is 2.13. The van der Waals surface area contributed by atoms with Gasteiger partial charge < -0.3 is 15.1 Å². The van der Waals surface area contributed by atoms with Gasteiger partial charge in [0.1, 0.15) is 10.8 Å². The van der Waals surface area contributed by atoms with Gasteiger partial charge in [-0.25, -0.2) is 4.98 Å². The molecule has 3 heterocycles. The van der Waals surface area contributed by atoms with E-state index in [0.29, 0.717) is 29.3 Å². The number of para-hydroxylation sites is 1. The van der Waals surface area contributed by atoms with E-state index >= 15 is 0 Å². The average molecular weight is 384 g/mol. The van der Waals surface area contributed by atoms with E-state index in [2.05, 4.69) is 20.0 Å². The number of anilines is 1. The number of benzene rings is 1. The fourth-order valence-electron chi connectivity index (χ4n) is 2.63. The van der Waals surface area contributed by atoms with Crippen LogP contribution in [-0.2, 0) is 6.54 Å². The van der Waals surface area contributed by atoms with Crippen LogP contribution in [0.5, 0.6) is 0 Å². The van der Waals surface area contributed by atoms with Crippen molar-refractivity contribution in [1.29, 1.82) is 0 Å². The predicted octanol–water partition coefficient (Wildman–Crippen LogP) is 4.29. The first-order chi connectivity index (χ1) is 12.7. The van der Waals surface area contributed by atoms with Crippen LogP contribution in [0.15, 0.2) is 40.8 Å². The molecule has 4 aromatic rings. The van der Waals surface area contributed by atoms with E-state index in [-0.39, 0.29) is 5.91 Å². The third kappa shape index (κ3) is 3.09. The molecule has 1 aromatic carbocycles. The maximum atomic E-state index is 12.4. The highest BCUT2D eigenvalue weighted by Crippen LogP contribution is 2.31. The largest absolute Gasteiger partial charge is 0.457 e. The normalized spacial score (nSPS) is 11.0. The second kappa shape index (κ2) is 6.89. The molecule has 8 heteroatoms. The minimum atomic E-state index is -0.168. The molecule has 0 aliphatic carbocycles. The molecule has 0 radical (unpaired) electrons. The molecule has 26 heavy (non-hydrogen) atoms. The molecule has 0 unspecified atom stereocenters. The molecular weight excluding hydrogens is 368 g/mol. The SMILES string of the molecule is CNc1snc(C)c1C(=O)NCc1ccc(-c2nc3ccccc3s2)o1. The second-order valence-corrected chi connectivity index (χ2v) is 7.46. The number of furan rings is 1. The lowest BCUT2D eigenvalue weighted by atomic mass is 10.2. The first-order valence-corrected chi connectivity index (χ1v) is 9.61. The van der Waals surface area contributed by atoms with E-state index in [0.717, 1.165) is 20.2 Å². The Kier molecular flexibility index (Phi) is 4.44. The zero-order valence-electron chi connectivity index (χ0n) is 14.2. The van der Waals surface area contributed by atoms with Crippen LogP contribution in [-0.4, -0.2) is 22.3 Å². The number of aromatic nitrogens is 2. The van der Waals surface area contributed by atoms with E-state index in [1.54, 1.807) is 18.4 Å². The highest BCUT2D eigenvalue weighted by Gasteiger charge is 2.18. The molecule has 0 bridgehead atoms. The highest BCUT2D eigenvalue weighted by molar-refractivity contribution is 7.21. The van der Waals surface area contributed by atoms with E-state index in [9.17, 15) is 4.79 Å². The Morgan fingerprint density at radius 3 is 2.88 bits per heavy atom. The minimum absolute atomic E-state index is 0.168. The fraction of sp³-hybridized carbons (Fsp3) is 0.167. The van der Waals surface area contributed by atoms with Gasteiger partial charge in [-0.3, -0.25) is 4.79 Å². The quantitative estimate of drug-likeness (QED) is 0.536. The topological polar surface area (TPSA) is 80.0 Å². The highest BCUT2D eigenvalue weighted by atomic mass is 32.1. The molecule has 132 valence electrons. The molecule has 0 saturated carbocycles. The molecule has 1 amide bonds. The molecule has 6 nitrogen and oxygen atoms in total. The van der Waals surface area contributed by atoms with Crippen molar-refractivity contribution in [1.82, 2.24) is 14.7 Å². The van der Waals surface area contributed by atoms with Crippen molar-refractivity contribution in [3.8, 4) is 10.8 Å². The summed E-state index contributed by atoms with van der Waals surface area (Å²) in [6.07, 6.45) is 0. The average Bonchev–Trinajstić information content (AvgIpc) is 3.36. The van der Waals surface area contributed by atoms with Gasteiger partial charge in [0.2, 0.25) is 0 Å². The fourth-order valence-corrected chi connectivity index (χ4v) is 4.30. The number of nitrogens with one attached hydrogen (secondary N) is 2. The summed E-state index contributed by atoms with van der Waals surface area (Å²) in [5.74, 6) is 1.22. The van der Waals surface area contributed by atoms with Crippen molar-refractivity contribution < 1.29 is 9.21 Å². The van der Waals surface area contributed by atoms with Gasteiger partial charge in [-0.1, -0.05) is 12.1 Å². The summed E-state index contributed by atoms with van der Waals surface area (Å²) in [4.78, 5) is 17.0. The summed E-state index contributed by atoms with van der Waals surface area (Å²) >= 11 is 2.86. The van der Waals surface area contributed by atoms with Gasteiger partial charge in [-0.15, -0.1) is 11.3 Å². The predicted molar refractivity (Wildman–Crippen MR) is 105 cm³/mol. The molecular formula is C18H16N4O2S2. The number of aryl methyl sites for hydroxylation is 1. The van der Waals surface area contributed by atoms with Gasteiger partial charge >= 0.3 is 0 Å². The summed E-state index contributed by atoms with van der Waals surface area (Å²) in [5.41, 5.74) is 2.25. The van der Waals surface area contributed by atoms with Crippen LogP contribution in [0.2, 0.25) is 0 Å². The summed E-state index contributed by atoms with van der Waals surface area (Å²) < 4.78 is 11.2. The molecule has 0 atom stereocenters. The van der Waals surface area contributed by atoms with Gasteiger partial charge in [0.15, 0.2) is 10.8 Å². The maximum absolute atomic E-state index is 12.4. The number of rotatable bonds is 5. The van der Waals surface area contributed by atoms with Gasteiger partial charge in [0.05, 0.1) is 28.0 Å². The number of hydrogen-bond donors (Lipinski definition) is 2. The first-order valence-electron chi connectivity index (χ1n) is 8.02. The van der Waals surface area contributed by atoms with Crippen molar-refractivity contribution in [2.45, 2.75) is 13.5 Å². The van der Waals surface area contributed by atoms with E-state index < -0.39 is 0 Å². The number of carbonyl (C=O) groups excluding carboxylic acids is 1. The van der Waals surface area contributed by atoms with Gasteiger partial charge in [-0.05, 0) is 42.7 Å². The van der Waals surface area contributed by atoms with Crippen LogP contribution in [0.1, 0.15) is 21.8 Å². The number of amides is 1. The van der Waals surface area contributed by atoms with Crippen LogP contribution in [0.3, 0.4) is 0 Å². The molecule has 3 aromatic heterocycles. The van der Waals surface area contributed by atoms with Crippen molar-refractivity contribution in [3.63, 3.8) is 0 Å². The van der Waals surface area contributed by atoms with Crippen LogP contribution < -0.4 is 10.6 Å². The van der Waals surface area contributed by atoms with Crippen LogP contribution >= 0.6 is 22.9 Å². The zero-order chi connectivity index (χ0) is 18.1. The summed E-state index contributed by atoms with van der Waals surface area (Å²) in [7, 11) is 1.78. The number of fused-ring (bicyclic) bond motifs is 1. The number of hydrogen-bond acceptors (Lipinski definition) is 7. The maximum Gasteiger partial charge on any atom is 0.256 e. The standard InChI is InChI=1S/C18H16N4O2S2/c1-10-15(18(19-2)26-22-10)16(23)20-9-11-7-8-13(24-11)17-21-12-5-3-4-6-14(12)25-17/h3-8,19H,9H2,1-2H3,(H,20,23). The Hall–Kier alpha value is -2.71. The Morgan fingerprint density at radius 2 is 2.08 bits per heavy atom. The van der Waals surface area contributed by atoms with Crippen molar-refractivity contribution in [2.75, 3.05) is 12.4 Å². The van der Waals surface area contributed by atoms with Crippen LogP contribution in [0.4, 0.5) is 5.00 Å². The number of carbonyl (C=O) groups is 1. The molecule has 0 fully saturated rings. The lowest BCUT2D eigenvalue weighted by Gasteiger charge is -2.04. The van der Waals surface area contributed by atoms with Crippen molar-refractivity contribution in [2.24, 2.45) is 0 Å². The van der Waals surface area contributed by atoms with Gasteiger partial charge in [-0.2, -0.15) is 4.37 Å². The van der Waals surface area contributed by atoms with Crippen molar-refractivity contribution >= 4 is 44.0 Å². The van der Waals surface area contributed by atoms with E-state index in [4.69, 9.17) is 4.42 Å². The Morgan fingerprint density at radius 1 is 1.23 bits per heavy atom. The summed E-state index contributed by atoms with van der Waals surface area (Å²) in [6, 6.07) is 11.7. The third-order valence-electron chi connectivity index (χ3n) is 3.91. The molecule has 0 saturated heterocycles. The van der Waals surface area contributed by atoms with Crippen molar-refractivity contribution in [3.05, 3.63) is 53.4 Å². The minimum Gasteiger partial charge on any atom is -0.457 e. The molecule has 2 N–H and O–H groups in total. The molecule has 0 aliphatic rings.